The van der Waals surface area contributed by atoms with Crippen molar-refractivity contribution in [1.29, 1.82) is 0 Å². The van der Waals surface area contributed by atoms with E-state index in [-0.39, 0.29) is 23.6 Å². The highest BCUT2D eigenvalue weighted by Crippen LogP contribution is 2.27. The van der Waals surface area contributed by atoms with Gasteiger partial charge in [-0.2, -0.15) is 0 Å². The molecule has 2 atom stereocenters. The van der Waals surface area contributed by atoms with Crippen molar-refractivity contribution in [3.05, 3.63) is 34.1 Å². The maximum absolute atomic E-state index is 13.4. The van der Waals surface area contributed by atoms with Crippen LogP contribution in [0, 0.1) is 11.7 Å². The molecule has 2 nitrogen and oxygen atoms in total. The van der Waals surface area contributed by atoms with Crippen LogP contribution in [0.4, 0.5) is 4.39 Å². The number of hydrogen-bond acceptors (Lipinski definition) is 2. The Morgan fingerprint density at radius 1 is 1.47 bits per heavy atom. The third kappa shape index (κ3) is 3.53. The Morgan fingerprint density at radius 3 is 2.65 bits per heavy atom. The van der Waals surface area contributed by atoms with Crippen LogP contribution in [0.15, 0.2) is 22.7 Å². The first-order valence-electron chi connectivity index (χ1n) is 5.59. The molecular formula is C13H16BrFO2. The molecule has 0 aliphatic carbocycles. The van der Waals surface area contributed by atoms with Gasteiger partial charge < -0.3 is 4.74 Å². The molecule has 0 amide bonds. The maximum Gasteiger partial charge on any atom is 0.309 e. The van der Waals surface area contributed by atoms with Gasteiger partial charge in [-0.05, 0) is 46.5 Å². The second kappa shape index (κ2) is 6.15. The van der Waals surface area contributed by atoms with Gasteiger partial charge in [0.25, 0.3) is 0 Å². The first kappa shape index (κ1) is 14.2. The molecule has 1 aromatic carbocycles. The van der Waals surface area contributed by atoms with Gasteiger partial charge in [0.1, 0.15) is 5.82 Å². The molecule has 0 bridgehead atoms. The number of halogens is 2. The molecule has 0 fully saturated rings. The van der Waals surface area contributed by atoms with Crippen molar-refractivity contribution in [1.82, 2.24) is 0 Å². The van der Waals surface area contributed by atoms with Crippen molar-refractivity contribution in [2.45, 2.75) is 26.7 Å². The van der Waals surface area contributed by atoms with Crippen LogP contribution in [0.3, 0.4) is 0 Å². The van der Waals surface area contributed by atoms with Crippen LogP contribution in [0.1, 0.15) is 32.3 Å². The van der Waals surface area contributed by atoms with Gasteiger partial charge in [-0.25, -0.2) is 4.39 Å². The number of carbonyl (C=O) groups is 1. The van der Waals surface area contributed by atoms with Crippen molar-refractivity contribution in [3.8, 4) is 0 Å². The Morgan fingerprint density at radius 2 is 2.12 bits per heavy atom. The summed E-state index contributed by atoms with van der Waals surface area (Å²) in [5.41, 5.74) is 0.797. The maximum atomic E-state index is 13.4. The van der Waals surface area contributed by atoms with Crippen molar-refractivity contribution >= 4 is 21.9 Å². The molecule has 0 N–H and O–H groups in total. The molecule has 4 heteroatoms. The standard InChI is InChI=1S/C13H16BrFO2/c1-4-17-13(16)9(3)8(2)10-5-6-11(14)12(15)7-10/h5-9H,4H2,1-3H3. The van der Waals surface area contributed by atoms with E-state index < -0.39 is 0 Å². The summed E-state index contributed by atoms with van der Waals surface area (Å²) in [6.45, 7) is 5.83. The summed E-state index contributed by atoms with van der Waals surface area (Å²) in [4.78, 5) is 11.6. The van der Waals surface area contributed by atoms with Gasteiger partial charge in [0.15, 0.2) is 0 Å². The quantitative estimate of drug-likeness (QED) is 0.789. The number of esters is 1. The molecule has 0 aliphatic heterocycles. The molecule has 1 rings (SSSR count). The molecule has 0 heterocycles. The first-order chi connectivity index (χ1) is 7.97. The van der Waals surface area contributed by atoms with Gasteiger partial charge in [0, 0.05) is 0 Å². The van der Waals surface area contributed by atoms with Gasteiger partial charge in [0.2, 0.25) is 0 Å². The van der Waals surface area contributed by atoms with Gasteiger partial charge in [-0.15, -0.1) is 0 Å². The molecular weight excluding hydrogens is 287 g/mol. The molecule has 0 saturated carbocycles. The third-order valence-corrected chi connectivity index (χ3v) is 3.52. The van der Waals surface area contributed by atoms with E-state index >= 15 is 0 Å². The first-order valence-corrected chi connectivity index (χ1v) is 6.38. The lowest BCUT2D eigenvalue weighted by molar-refractivity contribution is -0.148. The lowest BCUT2D eigenvalue weighted by Gasteiger charge is -2.19. The summed E-state index contributed by atoms with van der Waals surface area (Å²) in [6.07, 6.45) is 0. The average molecular weight is 303 g/mol. The zero-order valence-electron chi connectivity index (χ0n) is 10.2. The minimum Gasteiger partial charge on any atom is -0.466 e. The normalized spacial score (nSPS) is 14.2. The molecule has 0 aliphatic rings. The molecule has 1 aromatic rings. The third-order valence-electron chi connectivity index (χ3n) is 2.88. The van der Waals surface area contributed by atoms with Gasteiger partial charge in [0.05, 0.1) is 17.0 Å². The highest BCUT2D eigenvalue weighted by molar-refractivity contribution is 9.10. The summed E-state index contributed by atoms with van der Waals surface area (Å²) in [6, 6.07) is 4.91. The zero-order valence-corrected chi connectivity index (χ0v) is 11.8. The minimum absolute atomic E-state index is 0.0725. The SMILES string of the molecule is CCOC(=O)C(C)C(C)c1ccc(Br)c(F)c1. The molecule has 17 heavy (non-hydrogen) atoms. The predicted molar refractivity (Wildman–Crippen MR) is 68.3 cm³/mol. The molecule has 94 valence electrons. The fourth-order valence-electron chi connectivity index (χ4n) is 1.56. The summed E-state index contributed by atoms with van der Waals surface area (Å²) >= 11 is 3.10. The molecule has 0 radical (unpaired) electrons. The molecule has 2 unspecified atom stereocenters. The van der Waals surface area contributed by atoms with Crippen molar-refractivity contribution in [2.24, 2.45) is 5.92 Å². The fourth-order valence-corrected chi connectivity index (χ4v) is 1.81. The minimum atomic E-state index is -0.314. The number of carbonyl (C=O) groups excluding carboxylic acids is 1. The van der Waals surface area contributed by atoms with E-state index in [0.717, 1.165) is 5.56 Å². The summed E-state index contributed by atoms with van der Waals surface area (Å²) in [7, 11) is 0. The highest BCUT2D eigenvalue weighted by Gasteiger charge is 2.23. The monoisotopic (exact) mass is 302 g/mol. The lowest BCUT2D eigenvalue weighted by Crippen LogP contribution is -2.20. The van der Waals surface area contributed by atoms with Crippen LogP contribution >= 0.6 is 15.9 Å². The molecule has 0 saturated heterocycles. The van der Waals surface area contributed by atoms with E-state index in [1.165, 1.54) is 6.07 Å². The Hall–Kier alpha value is -0.900. The van der Waals surface area contributed by atoms with Crippen LogP contribution in [0.5, 0.6) is 0 Å². The van der Waals surface area contributed by atoms with E-state index in [1.54, 1.807) is 19.9 Å². The Labute approximate surface area is 109 Å². The second-order valence-corrected chi connectivity index (χ2v) is 4.86. The number of ether oxygens (including phenoxy) is 1. The number of rotatable bonds is 4. The largest absolute Gasteiger partial charge is 0.466 e. The Bertz CT molecular complexity index is 406. The van der Waals surface area contributed by atoms with Crippen LogP contribution in [-0.4, -0.2) is 12.6 Å². The zero-order chi connectivity index (χ0) is 13.0. The van der Waals surface area contributed by atoms with E-state index in [2.05, 4.69) is 15.9 Å². The lowest BCUT2D eigenvalue weighted by atomic mass is 9.89. The molecule has 0 aromatic heterocycles. The Kier molecular flexibility index (Phi) is 5.12. The van der Waals surface area contributed by atoms with Gasteiger partial charge in [-0.3, -0.25) is 4.79 Å². The van der Waals surface area contributed by atoms with Gasteiger partial charge in [-0.1, -0.05) is 19.9 Å². The van der Waals surface area contributed by atoms with Crippen molar-refractivity contribution in [2.75, 3.05) is 6.61 Å². The van der Waals surface area contributed by atoms with Crippen LogP contribution < -0.4 is 0 Å². The van der Waals surface area contributed by atoms with Crippen molar-refractivity contribution in [3.63, 3.8) is 0 Å². The van der Waals surface area contributed by atoms with Crippen LogP contribution in [-0.2, 0) is 9.53 Å². The van der Waals surface area contributed by atoms with E-state index in [9.17, 15) is 9.18 Å². The molecule has 0 spiro atoms. The van der Waals surface area contributed by atoms with Gasteiger partial charge >= 0.3 is 5.97 Å². The van der Waals surface area contributed by atoms with Crippen LogP contribution in [0.2, 0.25) is 0 Å². The summed E-state index contributed by atoms with van der Waals surface area (Å²) in [5, 5.41) is 0. The second-order valence-electron chi connectivity index (χ2n) is 4.00. The summed E-state index contributed by atoms with van der Waals surface area (Å²) in [5.74, 6) is -0.916. The van der Waals surface area contributed by atoms with Crippen molar-refractivity contribution < 1.29 is 13.9 Å². The topological polar surface area (TPSA) is 26.3 Å². The predicted octanol–water partition coefficient (Wildman–Crippen LogP) is 3.89. The fraction of sp³-hybridized carbons (Fsp3) is 0.462. The Balaban J connectivity index is 2.84. The van der Waals surface area contributed by atoms with Crippen LogP contribution in [0.25, 0.3) is 0 Å². The van der Waals surface area contributed by atoms with E-state index in [4.69, 9.17) is 4.74 Å². The number of benzene rings is 1. The number of hydrogen-bond donors (Lipinski definition) is 0. The summed E-state index contributed by atoms with van der Waals surface area (Å²) < 4.78 is 18.8. The van der Waals surface area contributed by atoms with E-state index in [1.807, 2.05) is 13.0 Å². The highest BCUT2D eigenvalue weighted by atomic mass is 79.9. The smallest absolute Gasteiger partial charge is 0.309 e. The average Bonchev–Trinajstić information content (AvgIpc) is 2.31. The van der Waals surface area contributed by atoms with E-state index in [0.29, 0.717) is 11.1 Å².